The summed E-state index contributed by atoms with van der Waals surface area (Å²) >= 11 is 1.47. The quantitative estimate of drug-likeness (QED) is 0.548. The van der Waals surface area contributed by atoms with E-state index in [2.05, 4.69) is 25.5 Å². The molecule has 4 rings (SSSR count). The van der Waals surface area contributed by atoms with Crippen LogP contribution in [-0.2, 0) is 0 Å². The smallest absolute Gasteiger partial charge is 0.323 e. The van der Waals surface area contributed by atoms with Crippen LogP contribution >= 0.6 is 11.3 Å². The third kappa shape index (κ3) is 5.72. The molecule has 3 aromatic rings. The molecule has 1 N–H and O–H groups in total. The van der Waals surface area contributed by atoms with Crippen molar-refractivity contribution in [1.29, 1.82) is 0 Å². The first-order chi connectivity index (χ1) is 16.1. The van der Waals surface area contributed by atoms with Gasteiger partial charge in [0.2, 0.25) is 0 Å². The predicted octanol–water partition coefficient (Wildman–Crippen LogP) is 2.14. The van der Waals surface area contributed by atoms with Crippen LogP contribution in [0.15, 0.2) is 24.5 Å². The lowest BCUT2D eigenvalue weighted by molar-refractivity contribution is 0.0443. The molecule has 34 heavy (non-hydrogen) atoms. The molecule has 0 aliphatic carbocycles. The fourth-order valence-corrected chi connectivity index (χ4v) is 4.64. The van der Waals surface area contributed by atoms with Crippen LogP contribution in [0.25, 0.3) is 21.5 Å². The first-order valence-corrected chi connectivity index (χ1v) is 11.5. The molecule has 0 saturated carbocycles. The zero-order valence-corrected chi connectivity index (χ0v) is 19.3. The van der Waals surface area contributed by atoms with Crippen LogP contribution in [0.3, 0.4) is 0 Å². The number of fused-ring (bicyclic) bond motifs is 1. The number of aryl methyl sites for hydroxylation is 1. The number of nitrogens with zero attached hydrogens (tertiary/aromatic N) is 6. The summed E-state index contributed by atoms with van der Waals surface area (Å²) in [5, 5.41) is 11.5. The minimum absolute atomic E-state index is 0.335. The van der Waals surface area contributed by atoms with E-state index in [1.807, 2.05) is 13.0 Å². The molecule has 8 nitrogen and oxygen atoms in total. The predicted molar refractivity (Wildman–Crippen MR) is 129 cm³/mol. The van der Waals surface area contributed by atoms with Gasteiger partial charge in [0.15, 0.2) is 0 Å². The second-order valence-corrected chi connectivity index (χ2v) is 9.37. The summed E-state index contributed by atoms with van der Waals surface area (Å²) in [6, 6.07) is 2.96. The number of anilines is 1. The molecule has 0 unspecified atom stereocenters. The van der Waals surface area contributed by atoms with Gasteiger partial charge < -0.3 is 9.80 Å². The van der Waals surface area contributed by atoms with Crippen molar-refractivity contribution < 1.29 is 13.6 Å². The van der Waals surface area contributed by atoms with Crippen LogP contribution in [0, 0.1) is 6.92 Å². The Balaban J connectivity index is 1.41. The first kappa shape index (κ1) is 24.5. The highest BCUT2D eigenvalue weighted by Crippen LogP contribution is 2.26. The lowest BCUT2D eigenvalue weighted by atomic mass is 9.48. The van der Waals surface area contributed by atoms with Crippen molar-refractivity contribution in [2.24, 2.45) is 0 Å². The topological polar surface area (TPSA) is 87.1 Å². The summed E-state index contributed by atoms with van der Waals surface area (Å²) in [5.41, 5.74) is 1.50. The van der Waals surface area contributed by atoms with Gasteiger partial charge in [0, 0.05) is 36.3 Å². The number of pyridine rings is 2. The minimum Gasteiger partial charge on any atom is -0.324 e. The molecule has 0 atom stereocenters. The van der Waals surface area contributed by atoms with E-state index in [0.717, 1.165) is 21.0 Å². The van der Waals surface area contributed by atoms with E-state index in [0.29, 0.717) is 37.3 Å². The van der Waals surface area contributed by atoms with E-state index in [9.17, 15) is 13.6 Å². The largest absolute Gasteiger partial charge is 0.324 e. The van der Waals surface area contributed by atoms with Gasteiger partial charge >= 0.3 is 6.03 Å². The van der Waals surface area contributed by atoms with Gasteiger partial charge in [0.05, 0.1) is 41.8 Å². The highest BCUT2D eigenvalue weighted by molar-refractivity contribution is 7.14. The zero-order chi connectivity index (χ0) is 24.5. The Kier molecular flexibility index (Phi) is 7.18. The van der Waals surface area contributed by atoms with Gasteiger partial charge in [-0.1, -0.05) is 16.6 Å². The number of hydrogen-bond donors (Lipinski definition) is 1. The number of carbonyl (C=O) groups is 1. The molecule has 1 aliphatic rings. The van der Waals surface area contributed by atoms with Gasteiger partial charge in [0.25, 0.3) is 6.43 Å². The van der Waals surface area contributed by atoms with E-state index in [1.165, 1.54) is 16.2 Å². The maximum absolute atomic E-state index is 13.0. The highest BCUT2D eigenvalue weighted by Gasteiger charge is 2.33. The van der Waals surface area contributed by atoms with Gasteiger partial charge in [0.1, 0.15) is 15.8 Å². The Bertz CT molecular complexity index is 1170. The molecule has 0 aromatic carbocycles. The van der Waals surface area contributed by atoms with Crippen molar-refractivity contribution >= 4 is 57.6 Å². The molecular formula is C20H20B3F2N7OS. The van der Waals surface area contributed by atoms with E-state index in [4.69, 9.17) is 23.5 Å². The van der Waals surface area contributed by atoms with Crippen LogP contribution in [0.1, 0.15) is 17.8 Å². The fourth-order valence-electron chi connectivity index (χ4n) is 3.97. The summed E-state index contributed by atoms with van der Waals surface area (Å²) in [4.78, 5) is 24.2. The second-order valence-electron chi connectivity index (χ2n) is 8.19. The van der Waals surface area contributed by atoms with E-state index < -0.39 is 18.2 Å². The third-order valence-corrected chi connectivity index (χ3v) is 6.49. The molecule has 0 spiro atoms. The van der Waals surface area contributed by atoms with Crippen LogP contribution in [0.2, 0.25) is 0 Å². The molecule has 1 fully saturated rings. The molecule has 14 heteroatoms. The zero-order valence-electron chi connectivity index (χ0n) is 18.5. The van der Waals surface area contributed by atoms with Crippen molar-refractivity contribution in [1.82, 2.24) is 30.0 Å². The fraction of sp³-hybridized carbons (Fsp3) is 0.450. The summed E-state index contributed by atoms with van der Waals surface area (Å²) in [5.74, 6) is 0.372. The second kappa shape index (κ2) is 9.95. The molecule has 3 aromatic heterocycles. The summed E-state index contributed by atoms with van der Waals surface area (Å²) < 4.78 is 25.9. The third-order valence-electron chi connectivity index (χ3n) is 5.60. The van der Waals surface area contributed by atoms with Crippen molar-refractivity contribution in [3.63, 3.8) is 0 Å². The number of hydrogen-bond acceptors (Lipinski definition) is 7. The van der Waals surface area contributed by atoms with Gasteiger partial charge in [-0.05, 0) is 31.9 Å². The maximum Gasteiger partial charge on any atom is 0.323 e. The number of rotatable bonds is 6. The Morgan fingerprint density at radius 2 is 1.97 bits per heavy atom. The Morgan fingerprint density at radius 1 is 1.24 bits per heavy atom. The Labute approximate surface area is 203 Å². The normalized spacial score (nSPS) is 15.4. The highest BCUT2D eigenvalue weighted by atomic mass is 32.1. The van der Waals surface area contributed by atoms with Crippen LogP contribution in [0.5, 0.6) is 0 Å². The molecule has 6 radical (unpaired) electrons. The molecule has 170 valence electrons. The Hall–Kier alpha value is -2.60. The number of aromatic nitrogens is 4. The van der Waals surface area contributed by atoms with Crippen LogP contribution in [0.4, 0.5) is 19.4 Å². The van der Waals surface area contributed by atoms with E-state index in [-0.39, 0.29) is 12.1 Å². The number of alkyl halides is 2. The molecule has 0 bridgehead atoms. The molecule has 4 heterocycles. The number of urea groups is 1. The van der Waals surface area contributed by atoms with Crippen LogP contribution in [-0.4, -0.2) is 96.9 Å². The average molecular weight is 477 g/mol. The number of halogens is 2. The van der Waals surface area contributed by atoms with Crippen molar-refractivity contribution in [3.8, 4) is 10.6 Å². The number of carbonyl (C=O) groups excluding carboxylic acids is 1. The molecule has 2 amide bonds. The minimum atomic E-state index is -2.62. The lowest BCUT2D eigenvalue weighted by Crippen LogP contribution is -2.59. The summed E-state index contributed by atoms with van der Waals surface area (Å²) in [6.45, 7) is 1.92. The van der Waals surface area contributed by atoms with Crippen molar-refractivity contribution in [3.05, 3.63) is 29.5 Å². The average Bonchev–Trinajstić information content (AvgIpc) is 3.22. The number of piperidine rings is 1. The standard InChI is InChI=1S/C20H20B3F2N7OS/c1-11-29-30-18(34-11)13-6-12-7-17(27-9-15(12)26-8-13)28-19(33)31-4-2-14(3-5-31)32(10-16(24)25)20(21,22)23/h6-9,14,16H,2-5,10H2,1H3,(H,27,28,33). The monoisotopic (exact) mass is 477 g/mol. The van der Waals surface area contributed by atoms with Crippen molar-refractivity contribution in [2.45, 2.75) is 37.5 Å². The first-order valence-electron chi connectivity index (χ1n) is 10.6. The summed E-state index contributed by atoms with van der Waals surface area (Å²) in [7, 11) is 17.1. The number of likely N-dealkylation sites (tertiary alicyclic amines) is 1. The summed E-state index contributed by atoms with van der Waals surface area (Å²) in [6.07, 6.45) is 1.49. The lowest BCUT2D eigenvalue weighted by Gasteiger charge is -2.46. The van der Waals surface area contributed by atoms with E-state index in [1.54, 1.807) is 23.4 Å². The van der Waals surface area contributed by atoms with Gasteiger partial charge in [-0.25, -0.2) is 18.6 Å². The number of nitrogens with one attached hydrogen (secondary N) is 1. The molecule has 1 aliphatic heterocycles. The van der Waals surface area contributed by atoms with Gasteiger partial charge in [-0.2, -0.15) is 0 Å². The molecule has 1 saturated heterocycles. The number of amides is 2. The SMILES string of the molecule is [B]C([B])([B])N(CC(F)F)C1CCN(C(=O)Nc2cc3cc(-c4nnc(C)s4)cnc3cn2)CC1. The van der Waals surface area contributed by atoms with E-state index >= 15 is 0 Å². The Morgan fingerprint density at radius 3 is 2.59 bits per heavy atom. The maximum atomic E-state index is 13.0. The van der Waals surface area contributed by atoms with Crippen molar-refractivity contribution in [2.75, 3.05) is 25.0 Å². The molecular weight excluding hydrogens is 457 g/mol. The van der Waals surface area contributed by atoms with Gasteiger partial charge in [-0.15, -0.1) is 10.2 Å². The van der Waals surface area contributed by atoms with Crippen LogP contribution < -0.4 is 5.32 Å². The van der Waals surface area contributed by atoms with Gasteiger partial charge in [-0.3, -0.25) is 10.3 Å².